The summed E-state index contributed by atoms with van der Waals surface area (Å²) in [5.41, 5.74) is -0.761. The summed E-state index contributed by atoms with van der Waals surface area (Å²) in [6, 6.07) is -0.0130. The van der Waals surface area contributed by atoms with Crippen molar-refractivity contribution < 1.29 is 5.11 Å². The van der Waals surface area contributed by atoms with Crippen LogP contribution in [0.4, 0.5) is 5.82 Å². The van der Waals surface area contributed by atoms with Crippen LogP contribution in [0.15, 0.2) is 12.5 Å². The average Bonchev–Trinajstić information content (AvgIpc) is 2.14. The summed E-state index contributed by atoms with van der Waals surface area (Å²) in [6.07, 6.45) is 4.08. The number of halogens is 1. The molecule has 1 heterocycles. The van der Waals surface area contributed by atoms with Crippen LogP contribution in [0, 0.1) is 3.57 Å². The number of hydrogen-bond acceptors (Lipinski definition) is 4. The van der Waals surface area contributed by atoms with Crippen LogP contribution in [0.25, 0.3) is 0 Å². The van der Waals surface area contributed by atoms with Crippen LogP contribution >= 0.6 is 22.6 Å². The molecule has 0 aliphatic rings. The SMILES string of the molecule is CCC(Nc1ncncc1I)C(C)(C)O. The summed E-state index contributed by atoms with van der Waals surface area (Å²) < 4.78 is 0.956. The van der Waals surface area contributed by atoms with Crippen molar-refractivity contribution in [3.8, 4) is 0 Å². The van der Waals surface area contributed by atoms with Gasteiger partial charge >= 0.3 is 0 Å². The topological polar surface area (TPSA) is 58.0 Å². The van der Waals surface area contributed by atoms with Gasteiger partial charge in [0.15, 0.2) is 0 Å². The van der Waals surface area contributed by atoms with Gasteiger partial charge in [0.05, 0.1) is 15.2 Å². The Morgan fingerprint density at radius 2 is 2.27 bits per heavy atom. The summed E-state index contributed by atoms with van der Waals surface area (Å²) >= 11 is 2.17. The van der Waals surface area contributed by atoms with Crippen LogP contribution in [0.2, 0.25) is 0 Å². The van der Waals surface area contributed by atoms with Crippen LogP contribution in [0.5, 0.6) is 0 Å². The van der Waals surface area contributed by atoms with Crippen molar-refractivity contribution in [2.24, 2.45) is 0 Å². The molecule has 0 radical (unpaired) electrons. The van der Waals surface area contributed by atoms with E-state index in [1.165, 1.54) is 6.33 Å². The van der Waals surface area contributed by atoms with E-state index < -0.39 is 5.60 Å². The number of nitrogens with zero attached hydrogens (tertiary/aromatic N) is 2. The first-order chi connectivity index (χ1) is 6.95. The summed E-state index contributed by atoms with van der Waals surface area (Å²) in [6.45, 7) is 5.62. The molecule has 15 heavy (non-hydrogen) atoms. The maximum atomic E-state index is 9.92. The molecule has 0 aliphatic heterocycles. The number of aromatic nitrogens is 2. The first kappa shape index (κ1) is 12.6. The van der Waals surface area contributed by atoms with Crippen molar-refractivity contribution in [2.75, 3.05) is 5.32 Å². The monoisotopic (exact) mass is 321 g/mol. The number of rotatable bonds is 4. The Kier molecular flexibility index (Phi) is 4.27. The molecule has 0 aromatic carbocycles. The summed E-state index contributed by atoms with van der Waals surface area (Å²) in [4.78, 5) is 8.06. The molecule has 1 rings (SSSR count). The van der Waals surface area contributed by atoms with Gasteiger partial charge in [-0.05, 0) is 42.9 Å². The second kappa shape index (κ2) is 5.07. The molecule has 0 fully saturated rings. The van der Waals surface area contributed by atoms with Gasteiger partial charge in [0.2, 0.25) is 0 Å². The van der Waals surface area contributed by atoms with Gasteiger partial charge in [-0.1, -0.05) is 6.92 Å². The maximum Gasteiger partial charge on any atom is 0.143 e. The standard InChI is InChI=1S/C10H16IN3O/c1-4-8(10(2,3)15)14-9-7(11)5-12-6-13-9/h5-6,8,15H,4H2,1-3H3,(H,12,13,14). The van der Waals surface area contributed by atoms with E-state index in [2.05, 4.69) is 37.9 Å². The molecule has 1 aromatic rings. The van der Waals surface area contributed by atoms with Gasteiger partial charge in [-0.3, -0.25) is 0 Å². The number of hydrogen-bond donors (Lipinski definition) is 2. The predicted octanol–water partition coefficient (Wildman–Crippen LogP) is 2.04. The third-order valence-corrected chi connectivity index (χ3v) is 3.03. The summed E-state index contributed by atoms with van der Waals surface area (Å²) in [5, 5.41) is 13.1. The predicted molar refractivity (Wildman–Crippen MR) is 68.7 cm³/mol. The average molecular weight is 321 g/mol. The molecule has 2 N–H and O–H groups in total. The molecule has 0 saturated carbocycles. The Balaban J connectivity index is 2.80. The second-order valence-corrected chi connectivity index (χ2v) is 5.14. The van der Waals surface area contributed by atoms with Gasteiger partial charge in [0.25, 0.3) is 0 Å². The van der Waals surface area contributed by atoms with Crippen LogP contribution < -0.4 is 5.32 Å². The number of aliphatic hydroxyl groups is 1. The highest BCUT2D eigenvalue weighted by Crippen LogP contribution is 2.20. The van der Waals surface area contributed by atoms with Crippen LogP contribution in [-0.4, -0.2) is 26.7 Å². The zero-order valence-corrected chi connectivity index (χ0v) is 11.3. The fourth-order valence-corrected chi connectivity index (χ4v) is 1.82. The number of anilines is 1. The summed E-state index contributed by atoms with van der Waals surface area (Å²) in [7, 11) is 0. The molecular weight excluding hydrogens is 305 g/mol. The van der Waals surface area contributed by atoms with Crippen molar-refractivity contribution in [2.45, 2.75) is 38.8 Å². The van der Waals surface area contributed by atoms with Gasteiger partial charge in [0.1, 0.15) is 12.1 Å². The molecule has 0 bridgehead atoms. The lowest BCUT2D eigenvalue weighted by atomic mass is 9.97. The zero-order valence-electron chi connectivity index (χ0n) is 9.16. The van der Waals surface area contributed by atoms with Crippen molar-refractivity contribution in [1.29, 1.82) is 0 Å². The Morgan fingerprint density at radius 1 is 1.60 bits per heavy atom. The van der Waals surface area contributed by atoms with E-state index in [4.69, 9.17) is 0 Å². The molecule has 0 spiro atoms. The first-order valence-electron chi connectivity index (χ1n) is 4.89. The Hall–Kier alpha value is -0.430. The van der Waals surface area contributed by atoms with Gasteiger partial charge in [0, 0.05) is 6.20 Å². The zero-order chi connectivity index (χ0) is 11.5. The largest absolute Gasteiger partial charge is 0.388 e. The Labute approximate surface area is 104 Å². The minimum absolute atomic E-state index is 0.0130. The second-order valence-electron chi connectivity index (χ2n) is 3.98. The Bertz CT molecular complexity index is 325. The van der Waals surface area contributed by atoms with E-state index >= 15 is 0 Å². The minimum atomic E-state index is -0.761. The highest BCUT2D eigenvalue weighted by atomic mass is 127. The Morgan fingerprint density at radius 3 is 2.73 bits per heavy atom. The van der Waals surface area contributed by atoms with E-state index in [1.54, 1.807) is 20.0 Å². The molecule has 1 aromatic heterocycles. The van der Waals surface area contributed by atoms with Gasteiger partial charge < -0.3 is 10.4 Å². The molecule has 0 saturated heterocycles. The van der Waals surface area contributed by atoms with Gasteiger partial charge in [-0.2, -0.15) is 0 Å². The lowest BCUT2D eigenvalue weighted by Gasteiger charge is -2.29. The third-order valence-electron chi connectivity index (χ3n) is 2.24. The van der Waals surface area contributed by atoms with Crippen molar-refractivity contribution in [3.63, 3.8) is 0 Å². The smallest absolute Gasteiger partial charge is 0.143 e. The lowest BCUT2D eigenvalue weighted by molar-refractivity contribution is 0.0578. The molecule has 4 nitrogen and oxygen atoms in total. The normalized spacial score (nSPS) is 13.7. The van der Waals surface area contributed by atoms with Gasteiger partial charge in [-0.25, -0.2) is 9.97 Å². The highest BCUT2D eigenvalue weighted by Gasteiger charge is 2.25. The molecule has 0 amide bonds. The van der Waals surface area contributed by atoms with Crippen LogP contribution in [-0.2, 0) is 0 Å². The molecular formula is C10H16IN3O. The highest BCUT2D eigenvalue weighted by molar-refractivity contribution is 14.1. The molecule has 1 atom stereocenters. The van der Waals surface area contributed by atoms with E-state index in [-0.39, 0.29) is 6.04 Å². The van der Waals surface area contributed by atoms with Crippen molar-refractivity contribution >= 4 is 28.4 Å². The molecule has 0 aliphatic carbocycles. The minimum Gasteiger partial charge on any atom is -0.388 e. The van der Waals surface area contributed by atoms with E-state index in [0.29, 0.717) is 0 Å². The first-order valence-corrected chi connectivity index (χ1v) is 5.97. The fraction of sp³-hybridized carbons (Fsp3) is 0.600. The molecule has 1 unspecified atom stereocenters. The maximum absolute atomic E-state index is 9.92. The number of nitrogens with one attached hydrogen (secondary N) is 1. The fourth-order valence-electron chi connectivity index (χ4n) is 1.36. The van der Waals surface area contributed by atoms with E-state index in [1.807, 2.05) is 6.92 Å². The van der Waals surface area contributed by atoms with Crippen LogP contribution in [0.3, 0.4) is 0 Å². The lowest BCUT2D eigenvalue weighted by Crippen LogP contribution is -2.41. The van der Waals surface area contributed by atoms with E-state index in [0.717, 1.165) is 15.8 Å². The van der Waals surface area contributed by atoms with Crippen molar-refractivity contribution in [1.82, 2.24) is 9.97 Å². The van der Waals surface area contributed by atoms with Gasteiger partial charge in [-0.15, -0.1) is 0 Å². The van der Waals surface area contributed by atoms with Crippen molar-refractivity contribution in [3.05, 3.63) is 16.1 Å². The molecule has 84 valence electrons. The third kappa shape index (κ3) is 3.57. The van der Waals surface area contributed by atoms with E-state index in [9.17, 15) is 5.11 Å². The quantitative estimate of drug-likeness (QED) is 0.834. The molecule has 5 heteroatoms. The van der Waals surface area contributed by atoms with Crippen LogP contribution in [0.1, 0.15) is 27.2 Å². The summed E-state index contributed by atoms with van der Waals surface area (Å²) in [5.74, 6) is 0.777.